The molecule has 2 heterocycles. The summed E-state index contributed by atoms with van der Waals surface area (Å²) in [4.78, 5) is 9.18. The van der Waals surface area contributed by atoms with Crippen LogP contribution < -0.4 is 0 Å². The molecule has 0 fully saturated rings. The molecule has 55 heavy (non-hydrogen) atoms. The quantitative estimate of drug-likeness (QED) is 0.136. The number of rotatable bonds is 3. The molecule has 0 saturated heterocycles. The molecule has 3 nitrogen and oxygen atoms in total. The van der Waals surface area contributed by atoms with E-state index in [2.05, 4.69) is 169 Å². The maximum absolute atomic E-state index is 4.77. The predicted octanol–water partition coefficient (Wildman–Crippen LogP) is 13.8. The number of hydrogen-bond donors (Lipinski definition) is 0. The second-order valence-electron chi connectivity index (χ2n) is 14.6. The lowest BCUT2D eigenvalue weighted by Crippen LogP contribution is -1.91. The minimum Gasteiger partial charge on any atom is -0.291 e. The first-order valence-electron chi connectivity index (χ1n) is 18.8. The standard InChI is InChI=1S/C52H31N3/c1-2-13-38-37(12-1)40-18-7-10-33-24-25-34-11-8-19-41(51(34)50(33)40)39-27-26-36(30-46(38)39)49-44-16-5-3-14-42(44)48(43-15-4-6-17-45(43)49)35-22-20-32(21-23-35)47-31-55-29-9-28-53-52(55)54-47/h1-31H. The highest BCUT2D eigenvalue weighted by Gasteiger charge is 2.19. The Bertz CT molecular complexity index is 3450. The van der Waals surface area contributed by atoms with Gasteiger partial charge < -0.3 is 0 Å². The Balaban J connectivity index is 1.14. The normalized spacial score (nSPS) is 12.0. The molecular formula is C52H31N3. The summed E-state index contributed by atoms with van der Waals surface area (Å²) < 4.78 is 1.96. The topological polar surface area (TPSA) is 30.2 Å². The first-order valence-corrected chi connectivity index (χ1v) is 18.8. The molecule has 0 unspecified atom stereocenters. The van der Waals surface area contributed by atoms with Crippen LogP contribution in [0.15, 0.2) is 188 Å². The van der Waals surface area contributed by atoms with Gasteiger partial charge in [-0.1, -0.05) is 158 Å². The Morgan fingerprint density at radius 3 is 1.45 bits per heavy atom. The summed E-state index contributed by atoms with van der Waals surface area (Å²) in [6, 6.07) is 62.8. The molecule has 254 valence electrons. The van der Waals surface area contributed by atoms with Gasteiger partial charge in [0, 0.05) is 24.2 Å². The summed E-state index contributed by atoms with van der Waals surface area (Å²) in [5.74, 6) is 0.699. The van der Waals surface area contributed by atoms with Crippen LogP contribution in [0.1, 0.15) is 0 Å². The molecule has 0 atom stereocenters. The van der Waals surface area contributed by atoms with E-state index in [0.717, 1.165) is 11.3 Å². The Morgan fingerprint density at radius 2 is 0.855 bits per heavy atom. The number of hydrogen-bond acceptors (Lipinski definition) is 2. The van der Waals surface area contributed by atoms with Crippen molar-refractivity contribution in [1.29, 1.82) is 0 Å². The maximum atomic E-state index is 4.77. The fourth-order valence-electron chi connectivity index (χ4n) is 9.24. The van der Waals surface area contributed by atoms with Crippen molar-refractivity contribution in [2.45, 2.75) is 0 Å². The fraction of sp³-hybridized carbons (Fsp3) is 0. The van der Waals surface area contributed by atoms with Crippen molar-refractivity contribution in [3.05, 3.63) is 188 Å². The van der Waals surface area contributed by atoms with Crippen molar-refractivity contribution in [3.63, 3.8) is 0 Å². The highest BCUT2D eigenvalue weighted by Crippen LogP contribution is 2.46. The third kappa shape index (κ3) is 4.44. The zero-order valence-corrected chi connectivity index (χ0v) is 29.7. The van der Waals surface area contributed by atoms with Crippen molar-refractivity contribution in [1.82, 2.24) is 14.4 Å². The third-order valence-corrected chi connectivity index (χ3v) is 11.6. The van der Waals surface area contributed by atoms with Gasteiger partial charge >= 0.3 is 0 Å². The van der Waals surface area contributed by atoms with Gasteiger partial charge in [-0.05, 0) is 110 Å². The average molecular weight is 698 g/mol. The van der Waals surface area contributed by atoms with E-state index in [-0.39, 0.29) is 0 Å². The van der Waals surface area contributed by atoms with Gasteiger partial charge in [-0.3, -0.25) is 4.40 Å². The third-order valence-electron chi connectivity index (χ3n) is 11.6. The summed E-state index contributed by atoms with van der Waals surface area (Å²) in [5.41, 5.74) is 6.86. The lowest BCUT2D eigenvalue weighted by molar-refractivity contribution is 1.11. The van der Waals surface area contributed by atoms with Crippen LogP contribution in [0.5, 0.6) is 0 Å². The van der Waals surface area contributed by atoms with Crippen molar-refractivity contribution >= 4 is 81.2 Å². The molecule has 12 rings (SSSR count). The second kappa shape index (κ2) is 11.6. The van der Waals surface area contributed by atoms with E-state index in [4.69, 9.17) is 4.98 Å². The minimum atomic E-state index is 0.699. The molecule has 3 heteroatoms. The van der Waals surface area contributed by atoms with Crippen LogP contribution in [0.25, 0.3) is 115 Å². The van der Waals surface area contributed by atoms with Crippen molar-refractivity contribution < 1.29 is 0 Å². The summed E-state index contributed by atoms with van der Waals surface area (Å²) >= 11 is 0. The van der Waals surface area contributed by atoms with E-state index in [1.807, 2.05) is 22.9 Å². The monoisotopic (exact) mass is 697 g/mol. The van der Waals surface area contributed by atoms with Crippen LogP contribution >= 0.6 is 0 Å². The van der Waals surface area contributed by atoms with E-state index < -0.39 is 0 Å². The molecule has 0 radical (unpaired) electrons. The number of benzene rings is 9. The zero-order chi connectivity index (χ0) is 36.0. The lowest BCUT2D eigenvalue weighted by Gasteiger charge is -2.19. The second-order valence-corrected chi connectivity index (χ2v) is 14.6. The van der Waals surface area contributed by atoms with Crippen LogP contribution in [0.4, 0.5) is 0 Å². The highest BCUT2D eigenvalue weighted by atomic mass is 15.1. The van der Waals surface area contributed by atoms with Crippen LogP contribution in [-0.2, 0) is 0 Å². The summed E-state index contributed by atoms with van der Waals surface area (Å²) in [6.45, 7) is 0. The summed E-state index contributed by atoms with van der Waals surface area (Å²) in [7, 11) is 0. The SMILES string of the molecule is c1ccc2c(-c3ccc4c(c3)c3ccccc3c3cccc5ccc6cccc4c6c53)c3ccccc3c(-c3ccc(-c4cn5cccnc5n4)cc3)c2c1. The lowest BCUT2D eigenvalue weighted by atomic mass is 9.84. The first-order chi connectivity index (χ1) is 27.3. The molecule has 0 N–H and O–H groups in total. The highest BCUT2D eigenvalue weighted by molar-refractivity contribution is 6.33. The van der Waals surface area contributed by atoms with E-state index >= 15 is 0 Å². The van der Waals surface area contributed by atoms with Gasteiger partial charge in [0.1, 0.15) is 0 Å². The van der Waals surface area contributed by atoms with Gasteiger partial charge in [-0.2, -0.15) is 0 Å². The molecule has 0 bridgehead atoms. The number of imidazole rings is 1. The van der Waals surface area contributed by atoms with E-state index in [1.165, 1.54) is 97.7 Å². The van der Waals surface area contributed by atoms with E-state index in [0.29, 0.717) is 5.78 Å². The molecule has 10 aromatic carbocycles. The van der Waals surface area contributed by atoms with E-state index in [9.17, 15) is 0 Å². The Hall–Kier alpha value is -7.36. The minimum absolute atomic E-state index is 0.699. The molecule has 0 spiro atoms. The smallest absolute Gasteiger partial charge is 0.234 e. The van der Waals surface area contributed by atoms with Crippen LogP contribution in [-0.4, -0.2) is 14.4 Å². The molecule has 2 aromatic heterocycles. The largest absolute Gasteiger partial charge is 0.291 e. The number of fused-ring (bicyclic) bond motifs is 8. The van der Waals surface area contributed by atoms with Gasteiger partial charge in [0.25, 0.3) is 0 Å². The fourth-order valence-corrected chi connectivity index (χ4v) is 9.24. The van der Waals surface area contributed by atoms with Crippen LogP contribution in [0.3, 0.4) is 0 Å². The van der Waals surface area contributed by atoms with Gasteiger partial charge in [-0.15, -0.1) is 0 Å². The molecule has 12 aromatic rings. The van der Waals surface area contributed by atoms with Gasteiger partial charge in [0.05, 0.1) is 5.69 Å². The average Bonchev–Trinajstić information content (AvgIpc) is 3.69. The Labute approximate surface area is 316 Å². The Morgan fingerprint density at radius 1 is 0.364 bits per heavy atom. The first kappa shape index (κ1) is 30.1. The molecule has 0 aliphatic carbocycles. The van der Waals surface area contributed by atoms with Gasteiger partial charge in [0.15, 0.2) is 0 Å². The number of nitrogens with zero attached hydrogens (tertiary/aromatic N) is 3. The maximum Gasteiger partial charge on any atom is 0.234 e. The zero-order valence-electron chi connectivity index (χ0n) is 29.7. The Kier molecular flexibility index (Phi) is 6.34. The van der Waals surface area contributed by atoms with Gasteiger partial charge in [-0.25, -0.2) is 9.97 Å². The van der Waals surface area contributed by atoms with E-state index in [1.54, 1.807) is 6.20 Å². The molecular weight excluding hydrogens is 667 g/mol. The van der Waals surface area contributed by atoms with Crippen molar-refractivity contribution in [3.8, 4) is 33.5 Å². The van der Waals surface area contributed by atoms with Gasteiger partial charge in [0.2, 0.25) is 5.78 Å². The molecule has 0 aliphatic heterocycles. The summed E-state index contributed by atoms with van der Waals surface area (Å²) in [6.07, 6.45) is 5.80. The summed E-state index contributed by atoms with van der Waals surface area (Å²) in [5, 5.41) is 17.7. The van der Waals surface area contributed by atoms with Crippen LogP contribution in [0.2, 0.25) is 0 Å². The van der Waals surface area contributed by atoms with Crippen LogP contribution in [0, 0.1) is 0 Å². The molecule has 0 saturated carbocycles. The predicted molar refractivity (Wildman–Crippen MR) is 232 cm³/mol. The van der Waals surface area contributed by atoms with Crippen molar-refractivity contribution in [2.24, 2.45) is 0 Å². The number of aromatic nitrogens is 3. The molecule has 0 amide bonds. The molecule has 0 aliphatic rings. The van der Waals surface area contributed by atoms with Crippen molar-refractivity contribution in [2.75, 3.05) is 0 Å².